The fourth-order valence-electron chi connectivity index (χ4n) is 0.962. The minimum Gasteiger partial charge on any atom is -0.483 e. The van der Waals surface area contributed by atoms with E-state index < -0.39 is 0 Å². The molecule has 0 saturated carbocycles. The molecule has 1 rings (SSSR count). The molecule has 0 N–H and O–H groups in total. The molecule has 0 fully saturated rings. The minimum atomic E-state index is -0.360. The van der Waals surface area contributed by atoms with Crippen LogP contribution in [-0.2, 0) is 4.79 Å². The monoisotopic (exact) mass is 178 g/mol. The highest BCUT2D eigenvalue weighted by Crippen LogP contribution is 2.17. The van der Waals surface area contributed by atoms with E-state index in [0.717, 1.165) is 11.3 Å². The molecule has 0 aliphatic carbocycles. The molecule has 0 heterocycles. The van der Waals surface area contributed by atoms with Crippen molar-refractivity contribution < 1.29 is 9.53 Å². The summed E-state index contributed by atoms with van der Waals surface area (Å²) in [5, 5.41) is 0. The van der Waals surface area contributed by atoms with Gasteiger partial charge in [0.25, 0.3) is 0 Å². The minimum absolute atomic E-state index is 0.0447. The first-order chi connectivity index (χ1) is 6.11. The normalized spacial score (nSPS) is 12.2. The van der Waals surface area contributed by atoms with Gasteiger partial charge in [-0.15, -0.1) is 0 Å². The molecule has 0 aliphatic rings. The van der Waals surface area contributed by atoms with Crippen LogP contribution in [0, 0.1) is 6.92 Å². The number of aryl methyl sites for hydroxylation is 1. The van der Waals surface area contributed by atoms with E-state index in [9.17, 15) is 4.79 Å². The summed E-state index contributed by atoms with van der Waals surface area (Å²) < 4.78 is 5.46. The standard InChI is InChI=1S/C11H14O2/c1-8-6-4-5-7-11(8)13-10(3)9(2)12/h4-7,10H,1-3H3. The van der Waals surface area contributed by atoms with E-state index in [1.165, 1.54) is 6.92 Å². The Morgan fingerprint density at radius 2 is 2.00 bits per heavy atom. The molecule has 0 amide bonds. The van der Waals surface area contributed by atoms with E-state index in [0.29, 0.717) is 0 Å². The summed E-state index contributed by atoms with van der Waals surface area (Å²) >= 11 is 0. The molecule has 2 nitrogen and oxygen atoms in total. The van der Waals surface area contributed by atoms with Gasteiger partial charge in [0, 0.05) is 0 Å². The van der Waals surface area contributed by atoms with Crippen molar-refractivity contribution in [3.05, 3.63) is 29.8 Å². The first-order valence-electron chi connectivity index (χ1n) is 4.34. The molecular formula is C11H14O2. The van der Waals surface area contributed by atoms with Crippen molar-refractivity contribution in [2.24, 2.45) is 0 Å². The Balaban J connectivity index is 2.74. The molecule has 0 aliphatic heterocycles. The summed E-state index contributed by atoms with van der Waals surface area (Å²) in [4.78, 5) is 10.9. The third kappa shape index (κ3) is 2.58. The first kappa shape index (κ1) is 9.78. The number of Topliss-reactive ketones (excluding diaryl/α,β-unsaturated/α-hetero) is 1. The number of hydrogen-bond donors (Lipinski definition) is 0. The van der Waals surface area contributed by atoms with Crippen LogP contribution in [0.25, 0.3) is 0 Å². The molecule has 2 heteroatoms. The van der Waals surface area contributed by atoms with Crippen molar-refractivity contribution in [1.82, 2.24) is 0 Å². The molecule has 13 heavy (non-hydrogen) atoms. The van der Waals surface area contributed by atoms with Crippen LogP contribution in [0.15, 0.2) is 24.3 Å². The fraction of sp³-hybridized carbons (Fsp3) is 0.364. The van der Waals surface area contributed by atoms with Gasteiger partial charge in [-0.25, -0.2) is 0 Å². The van der Waals surface area contributed by atoms with Gasteiger partial charge in [0.05, 0.1) is 0 Å². The quantitative estimate of drug-likeness (QED) is 0.710. The lowest BCUT2D eigenvalue weighted by molar-refractivity contribution is -0.122. The average molecular weight is 178 g/mol. The van der Waals surface area contributed by atoms with Crippen molar-refractivity contribution in [3.8, 4) is 5.75 Å². The predicted octanol–water partition coefficient (Wildman–Crippen LogP) is 2.35. The van der Waals surface area contributed by atoms with Crippen molar-refractivity contribution in [2.75, 3.05) is 0 Å². The van der Waals surface area contributed by atoms with Crippen LogP contribution in [0.2, 0.25) is 0 Å². The highest BCUT2D eigenvalue weighted by molar-refractivity contribution is 5.80. The van der Waals surface area contributed by atoms with Gasteiger partial charge in [0.15, 0.2) is 11.9 Å². The summed E-state index contributed by atoms with van der Waals surface area (Å²) in [7, 11) is 0. The van der Waals surface area contributed by atoms with Crippen LogP contribution in [0.3, 0.4) is 0 Å². The Morgan fingerprint density at radius 1 is 1.38 bits per heavy atom. The van der Waals surface area contributed by atoms with Gasteiger partial charge >= 0.3 is 0 Å². The topological polar surface area (TPSA) is 26.3 Å². The maximum absolute atomic E-state index is 10.9. The number of para-hydroxylation sites is 1. The van der Waals surface area contributed by atoms with Crippen molar-refractivity contribution in [1.29, 1.82) is 0 Å². The van der Waals surface area contributed by atoms with Crippen LogP contribution < -0.4 is 4.74 Å². The largest absolute Gasteiger partial charge is 0.483 e. The molecule has 1 aromatic rings. The number of carbonyl (C=O) groups excluding carboxylic acids is 1. The average Bonchev–Trinajstić information content (AvgIpc) is 2.08. The van der Waals surface area contributed by atoms with Crippen LogP contribution in [0.5, 0.6) is 5.75 Å². The maximum atomic E-state index is 10.9. The summed E-state index contributed by atoms with van der Waals surface area (Å²) in [6.07, 6.45) is -0.360. The Labute approximate surface area is 78.5 Å². The van der Waals surface area contributed by atoms with Crippen molar-refractivity contribution in [2.45, 2.75) is 26.9 Å². The summed E-state index contributed by atoms with van der Waals surface area (Å²) in [5.41, 5.74) is 1.05. The number of rotatable bonds is 3. The van der Waals surface area contributed by atoms with E-state index in [-0.39, 0.29) is 11.9 Å². The number of ketones is 1. The number of hydrogen-bond acceptors (Lipinski definition) is 2. The molecule has 1 aromatic carbocycles. The molecule has 70 valence electrons. The lowest BCUT2D eigenvalue weighted by atomic mass is 10.2. The summed E-state index contributed by atoms with van der Waals surface area (Å²) in [6, 6.07) is 7.67. The second-order valence-electron chi connectivity index (χ2n) is 3.14. The fourth-order valence-corrected chi connectivity index (χ4v) is 0.962. The van der Waals surface area contributed by atoms with E-state index in [2.05, 4.69) is 0 Å². The zero-order valence-corrected chi connectivity index (χ0v) is 8.20. The van der Waals surface area contributed by atoms with Crippen molar-refractivity contribution >= 4 is 5.78 Å². The van der Waals surface area contributed by atoms with Gasteiger partial charge in [0.1, 0.15) is 5.75 Å². The third-order valence-corrected chi connectivity index (χ3v) is 1.97. The molecule has 0 aromatic heterocycles. The van der Waals surface area contributed by atoms with Gasteiger partial charge in [0.2, 0.25) is 0 Å². The predicted molar refractivity (Wildman–Crippen MR) is 52.0 cm³/mol. The lowest BCUT2D eigenvalue weighted by Crippen LogP contribution is -2.20. The van der Waals surface area contributed by atoms with Crippen LogP contribution in [0.1, 0.15) is 19.4 Å². The smallest absolute Gasteiger partial charge is 0.169 e. The maximum Gasteiger partial charge on any atom is 0.169 e. The molecule has 1 atom stereocenters. The van der Waals surface area contributed by atoms with Gasteiger partial charge in [-0.2, -0.15) is 0 Å². The summed E-state index contributed by atoms with van der Waals surface area (Å²) in [5.74, 6) is 0.827. The van der Waals surface area contributed by atoms with E-state index >= 15 is 0 Å². The molecule has 0 spiro atoms. The van der Waals surface area contributed by atoms with Gasteiger partial charge < -0.3 is 4.74 Å². The van der Waals surface area contributed by atoms with Crippen molar-refractivity contribution in [3.63, 3.8) is 0 Å². The first-order valence-corrected chi connectivity index (χ1v) is 4.34. The SMILES string of the molecule is CC(=O)C(C)Oc1ccccc1C. The molecule has 0 radical (unpaired) electrons. The molecule has 0 saturated heterocycles. The Kier molecular flexibility index (Phi) is 3.07. The number of benzene rings is 1. The summed E-state index contributed by atoms with van der Waals surface area (Å²) in [6.45, 7) is 5.25. The van der Waals surface area contributed by atoms with Gasteiger partial charge in [-0.1, -0.05) is 18.2 Å². The molecule has 0 bridgehead atoms. The molecular weight excluding hydrogens is 164 g/mol. The van der Waals surface area contributed by atoms with Gasteiger partial charge in [-0.05, 0) is 32.4 Å². The Hall–Kier alpha value is -1.31. The van der Waals surface area contributed by atoms with E-state index in [1.807, 2.05) is 31.2 Å². The van der Waals surface area contributed by atoms with Gasteiger partial charge in [-0.3, -0.25) is 4.79 Å². The molecule has 1 unspecified atom stereocenters. The second-order valence-corrected chi connectivity index (χ2v) is 3.14. The lowest BCUT2D eigenvalue weighted by Gasteiger charge is -2.13. The third-order valence-electron chi connectivity index (χ3n) is 1.97. The van der Waals surface area contributed by atoms with E-state index in [1.54, 1.807) is 6.92 Å². The highest BCUT2D eigenvalue weighted by atomic mass is 16.5. The van der Waals surface area contributed by atoms with E-state index in [4.69, 9.17) is 4.74 Å². The Morgan fingerprint density at radius 3 is 2.54 bits per heavy atom. The zero-order valence-electron chi connectivity index (χ0n) is 8.20. The second kappa shape index (κ2) is 4.08. The Bertz CT molecular complexity index is 305. The van der Waals surface area contributed by atoms with Crippen LogP contribution in [0.4, 0.5) is 0 Å². The highest BCUT2D eigenvalue weighted by Gasteiger charge is 2.09. The van der Waals surface area contributed by atoms with Crippen LogP contribution >= 0.6 is 0 Å². The number of carbonyl (C=O) groups is 1. The number of ether oxygens (including phenoxy) is 1. The zero-order chi connectivity index (χ0) is 9.84. The van der Waals surface area contributed by atoms with Crippen LogP contribution in [-0.4, -0.2) is 11.9 Å².